The maximum atomic E-state index is 11.7. The summed E-state index contributed by atoms with van der Waals surface area (Å²) >= 11 is 5.60. The Bertz CT molecular complexity index is 489. The first-order chi connectivity index (χ1) is 7.00. The predicted octanol–water partition coefficient (Wildman–Crippen LogP) is 2.59. The summed E-state index contributed by atoms with van der Waals surface area (Å²) < 4.78 is 26.8. The number of halogens is 2. The molecule has 0 radical (unpaired) electrons. The van der Waals surface area contributed by atoms with Gasteiger partial charge in [0.25, 0.3) is 0 Å². The van der Waals surface area contributed by atoms with E-state index in [0.717, 1.165) is 13.7 Å². The Hall–Kier alpha value is 0.180. The van der Waals surface area contributed by atoms with Crippen LogP contribution in [0.5, 0.6) is 0 Å². The van der Waals surface area contributed by atoms with Gasteiger partial charge in [0.05, 0.1) is 11.4 Å². The molecule has 0 amide bonds. The van der Waals surface area contributed by atoms with Gasteiger partial charge < -0.3 is 0 Å². The zero-order valence-corrected chi connectivity index (χ0v) is 12.3. The third-order valence-corrected chi connectivity index (χ3v) is 6.50. The van der Waals surface area contributed by atoms with Crippen LogP contribution in [0.3, 0.4) is 0 Å². The zero-order chi connectivity index (χ0) is 11.1. The second-order valence-electron chi connectivity index (χ2n) is 3.34. The molecule has 1 aromatic carbocycles. The Morgan fingerprint density at radius 3 is 2.67 bits per heavy atom. The molecule has 2 rings (SSSR count). The van der Waals surface area contributed by atoms with Crippen LogP contribution in [-0.2, 0) is 10.0 Å². The molecule has 0 atom stereocenters. The lowest BCUT2D eigenvalue weighted by Gasteiger charge is -2.17. The third kappa shape index (κ3) is 2.31. The molecule has 1 aromatic rings. The number of hydrogen-bond donors (Lipinski definition) is 0. The van der Waals surface area contributed by atoms with E-state index in [0.29, 0.717) is 13.0 Å². The quantitative estimate of drug-likeness (QED) is 0.678. The van der Waals surface area contributed by atoms with E-state index in [1.54, 1.807) is 0 Å². The molecule has 0 bridgehead atoms. The van der Waals surface area contributed by atoms with E-state index in [4.69, 9.17) is 0 Å². The molecule has 6 heteroatoms. The average molecular weight is 402 g/mol. The van der Waals surface area contributed by atoms with Crippen molar-refractivity contribution < 1.29 is 8.42 Å². The van der Waals surface area contributed by atoms with E-state index in [1.165, 1.54) is 4.31 Å². The van der Waals surface area contributed by atoms with Crippen molar-refractivity contribution in [3.63, 3.8) is 0 Å². The zero-order valence-electron chi connectivity index (χ0n) is 7.78. The maximum Gasteiger partial charge on any atom is 0.235 e. The maximum absolute atomic E-state index is 11.7. The first-order valence-electron chi connectivity index (χ1n) is 4.46. The summed E-state index contributed by atoms with van der Waals surface area (Å²) in [7, 11) is -3.06. The van der Waals surface area contributed by atoms with E-state index in [9.17, 15) is 8.42 Å². The minimum atomic E-state index is -3.06. The van der Waals surface area contributed by atoms with Gasteiger partial charge in [-0.25, -0.2) is 8.42 Å². The SMILES string of the molecule is O=S1(=O)CCCN1c1ccc(I)c(Br)c1. The molecule has 1 aliphatic heterocycles. The predicted molar refractivity (Wildman–Crippen MR) is 72.6 cm³/mol. The molecular weight excluding hydrogens is 393 g/mol. The minimum Gasteiger partial charge on any atom is -0.270 e. The van der Waals surface area contributed by atoms with Crippen LogP contribution >= 0.6 is 38.5 Å². The Morgan fingerprint density at radius 2 is 2.13 bits per heavy atom. The van der Waals surface area contributed by atoms with E-state index in [-0.39, 0.29) is 5.75 Å². The molecule has 15 heavy (non-hydrogen) atoms. The van der Waals surface area contributed by atoms with Crippen LogP contribution in [0.1, 0.15) is 6.42 Å². The van der Waals surface area contributed by atoms with Crippen molar-refractivity contribution in [3.05, 3.63) is 26.2 Å². The molecule has 0 unspecified atom stereocenters. The summed E-state index contributed by atoms with van der Waals surface area (Å²) in [6.45, 7) is 0.593. The highest BCUT2D eigenvalue weighted by molar-refractivity contribution is 14.1. The largest absolute Gasteiger partial charge is 0.270 e. The summed E-state index contributed by atoms with van der Waals surface area (Å²) in [4.78, 5) is 0. The van der Waals surface area contributed by atoms with Crippen molar-refractivity contribution in [2.45, 2.75) is 6.42 Å². The topological polar surface area (TPSA) is 37.4 Å². The standard InChI is InChI=1S/C9H9BrINO2S/c10-8-6-7(2-3-9(8)11)12-4-1-5-15(12,13)14/h2-3,6H,1,4-5H2. The summed E-state index contributed by atoms with van der Waals surface area (Å²) in [5.41, 5.74) is 0.750. The number of benzene rings is 1. The molecule has 0 spiro atoms. The van der Waals surface area contributed by atoms with E-state index < -0.39 is 10.0 Å². The third-order valence-electron chi connectivity index (χ3n) is 2.29. The average Bonchev–Trinajstić information content (AvgIpc) is 2.50. The fourth-order valence-corrected chi connectivity index (χ4v) is 3.83. The van der Waals surface area contributed by atoms with E-state index >= 15 is 0 Å². The van der Waals surface area contributed by atoms with Gasteiger partial charge in [0.2, 0.25) is 10.0 Å². The van der Waals surface area contributed by atoms with Gasteiger partial charge >= 0.3 is 0 Å². The number of rotatable bonds is 1. The lowest BCUT2D eigenvalue weighted by atomic mass is 10.3. The lowest BCUT2D eigenvalue weighted by Crippen LogP contribution is -2.24. The van der Waals surface area contributed by atoms with Gasteiger partial charge in [-0.2, -0.15) is 0 Å². The Balaban J connectivity index is 2.42. The fraction of sp³-hybridized carbons (Fsp3) is 0.333. The van der Waals surface area contributed by atoms with Gasteiger partial charge in [0, 0.05) is 14.6 Å². The van der Waals surface area contributed by atoms with Crippen molar-refractivity contribution in [2.24, 2.45) is 0 Å². The normalized spacial score (nSPS) is 19.5. The van der Waals surface area contributed by atoms with Crippen LogP contribution < -0.4 is 4.31 Å². The van der Waals surface area contributed by atoms with Gasteiger partial charge in [-0.15, -0.1) is 0 Å². The van der Waals surface area contributed by atoms with Crippen molar-refractivity contribution in [2.75, 3.05) is 16.6 Å². The summed E-state index contributed by atoms with van der Waals surface area (Å²) in [6, 6.07) is 5.61. The minimum absolute atomic E-state index is 0.261. The molecule has 0 saturated carbocycles. The Kier molecular flexibility index (Phi) is 3.27. The molecule has 0 N–H and O–H groups in total. The highest BCUT2D eigenvalue weighted by atomic mass is 127. The fourth-order valence-electron chi connectivity index (χ4n) is 1.57. The van der Waals surface area contributed by atoms with Crippen LogP contribution in [0, 0.1) is 3.57 Å². The molecule has 1 fully saturated rings. The molecule has 1 saturated heterocycles. The van der Waals surface area contributed by atoms with Crippen LogP contribution in [0.15, 0.2) is 22.7 Å². The van der Waals surface area contributed by atoms with Crippen molar-refractivity contribution in [1.82, 2.24) is 0 Å². The van der Waals surface area contributed by atoms with Gasteiger partial charge in [0.15, 0.2) is 0 Å². The van der Waals surface area contributed by atoms with E-state index in [1.807, 2.05) is 18.2 Å². The second kappa shape index (κ2) is 4.21. The summed E-state index contributed by atoms with van der Waals surface area (Å²) in [5, 5.41) is 0. The number of hydrogen-bond acceptors (Lipinski definition) is 2. The Labute approximate surface area is 111 Å². The number of sulfonamides is 1. The van der Waals surface area contributed by atoms with Crippen molar-refractivity contribution >= 4 is 54.2 Å². The smallest absolute Gasteiger partial charge is 0.235 e. The molecule has 0 aliphatic carbocycles. The highest BCUT2D eigenvalue weighted by Crippen LogP contribution is 2.29. The molecular formula is C9H9BrINO2S. The molecule has 82 valence electrons. The van der Waals surface area contributed by atoms with Crippen molar-refractivity contribution in [1.29, 1.82) is 0 Å². The molecule has 3 nitrogen and oxygen atoms in total. The van der Waals surface area contributed by atoms with Gasteiger partial charge in [0.1, 0.15) is 0 Å². The van der Waals surface area contributed by atoms with E-state index in [2.05, 4.69) is 38.5 Å². The first-order valence-corrected chi connectivity index (χ1v) is 7.94. The summed E-state index contributed by atoms with van der Waals surface area (Å²) in [6.07, 6.45) is 0.714. The van der Waals surface area contributed by atoms with Crippen LogP contribution in [0.4, 0.5) is 5.69 Å². The van der Waals surface area contributed by atoms with Crippen LogP contribution in [-0.4, -0.2) is 20.7 Å². The summed E-state index contributed by atoms with van der Waals surface area (Å²) in [5.74, 6) is 0.261. The second-order valence-corrected chi connectivity index (χ2v) is 7.37. The monoisotopic (exact) mass is 401 g/mol. The van der Waals surface area contributed by atoms with Gasteiger partial charge in [-0.3, -0.25) is 4.31 Å². The lowest BCUT2D eigenvalue weighted by molar-refractivity contribution is 0.599. The van der Waals surface area contributed by atoms with Crippen molar-refractivity contribution in [3.8, 4) is 0 Å². The number of nitrogens with zero attached hydrogens (tertiary/aromatic N) is 1. The first kappa shape index (κ1) is 11.7. The molecule has 0 aromatic heterocycles. The molecule has 1 heterocycles. The Morgan fingerprint density at radius 1 is 1.40 bits per heavy atom. The van der Waals surface area contributed by atoms with Crippen LogP contribution in [0.2, 0.25) is 0 Å². The number of anilines is 1. The highest BCUT2D eigenvalue weighted by Gasteiger charge is 2.28. The van der Waals surface area contributed by atoms with Crippen LogP contribution in [0.25, 0.3) is 0 Å². The van der Waals surface area contributed by atoms with Gasteiger partial charge in [-0.05, 0) is 63.1 Å². The molecule has 1 aliphatic rings. The van der Waals surface area contributed by atoms with Gasteiger partial charge in [-0.1, -0.05) is 0 Å².